The Balaban J connectivity index is 1.55. The third kappa shape index (κ3) is 3.22. The van der Waals surface area contributed by atoms with E-state index in [-0.39, 0.29) is 11.8 Å². The Bertz CT molecular complexity index is 491. The molecule has 1 N–H and O–H groups in total. The van der Waals surface area contributed by atoms with Crippen molar-refractivity contribution >= 4 is 5.91 Å². The topological polar surface area (TPSA) is 42.0 Å². The normalized spacial score (nSPS) is 22.2. The van der Waals surface area contributed by atoms with Crippen LogP contribution in [0.1, 0.15) is 49.1 Å². The van der Waals surface area contributed by atoms with Gasteiger partial charge in [0.2, 0.25) is 5.91 Å². The van der Waals surface area contributed by atoms with Gasteiger partial charge >= 0.3 is 0 Å². The largest absolute Gasteiger partial charge is 0.352 e. The maximum Gasteiger partial charge on any atom is 0.223 e. The summed E-state index contributed by atoms with van der Waals surface area (Å²) >= 11 is 0. The highest BCUT2D eigenvalue weighted by atomic mass is 16.1. The molecule has 0 saturated heterocycles. The van der Waals surface area contributed by atoms with Crippen molar-refractivity contribution in [1.82, 2.24) is 10.3 Å². The number of hydrogen-bond acceptors (Lipinski definition) is 2. The average molecular weight is 256 g/mol. The number of hydrogen-bond donors (Lipinski definition) is 1. The fraction of sp³-hybridized carbons (Fsp3) is 0.500. The number of nitrogens with zero attached hydrogens (tertiary/aromatic N) is 1. The summed E-state index contributed by atoms with van der Waals surface area (Å²) < 4.78 is 0. The van der Waals surface area contributed by atoms with Crippen molar-refractivity contribution in [3.8, 4) is 0 Å². The van der Waals surface area contributed by atoms with Crippen LogP contribution in [0.4, 0.5) is 0 Å². The highest BCUT2D eigenvalue weighted by Crippen LogP contribution is 2.39. The van der Waals surface area contributed by atoms with Gasteiger partial charge in [0.05, 0.1) is 0 Å². The summed E-state index contributed by atoms with van der Waals surface area (Å²) in [4.78, 5) is 16.3. The van der Waals surface area contributed by atoms with Crippen molar-refractivity contribution in [2.24, 2.45) is 5.92 Å². The minimum absolute atomic E-state index is 0.157. The van der Waals surface area contributed by atoms with Gasteiger partial charge in [-0.05, 0) is 49.1 Å². The minimum Gasteiger partial charge on any atom is -0.352 e. The molecule has 3 nitrogen and oxygen atoms in total. The van der Waals surface area contributed by atoms with E-state index in [1.807, 2.05) is 12.4 Å². The molecule has 1 aromatic heterocycles. The molecule has 1 aromatic rings. The first-order chi connectivity index (χ1) is 9.33. The second-order valence-corrected chi connectivity index (χ2v) is 5.60. The molecule has 0 unspecified atom stereocenters. The monoisotopic (exact) mass is 256 g/mol. The first-order valence-corrected chi connectivity index (χ1v) is 7.19. The first-order valence-electron chi connectivity index (χ1n) is 7.19. The van der Waals surface area contributed by atoms with Crippen molar-refractivity contribution < 1.29 is 4.79 Å². The van der Waals surface area contributed by atoms with E-state index in [0.29, 0.717) is 12.5 Å². The standard InChI is InChI=1S/C16H20N2O/c19-16(14-4-2-1-3-5-14)18-10-12-8-15(11-17-9-12)13-6-7-13/h1-2,8-9,11,13-14H,3-7,10H2,(H,18,19)/t14-/m1/s1. The van der Waals surface area contributed by atoms with Gasteiger partial charge in [-0.3, -0.25) is 9.78 Å². The molecular weight excluding hydrogens is 236 g/mol. The molecule has 0 bridgehead atoms. The zero-order valence-electron chi connectivity index (χ0n) is 11.1. The summed E-state index contributed by atoms with van der Waals surface area (Å²) in [6, 6.07) is 2.19. The van der Waals surface area contributed by atoms with Crippen LogP contribution in [0.25, 0.3) is 0 Å². The zero-order chi connectivity index (χ0) is 13.1. The van der Waals surface area contributed by atoms with Gasteiger partial charge in [0.15, 0.2) is 0 Å². The van der Waals surface area contributed by atoms with E-state index in [1.54, 1.807) is 0 Å². The molecule has 3 heteroatoms. The Morgan fingerprint density at radius 2 is 2.16 bits per heavy atom. The molecule has 2 aliphatic carbocycles. The molecule has 0 aromatic carbocycles. The number of aromatic nitrogens is 1. The van der Waals surface area contributed by atoms with Crippen molar-refractivity contribution in [2.45, 2.75) is 44.6 Å². The van der Waals surface area contributed by atoms with Crippen LogP contribution in [-0.2, 0) is 11.3 Å². The maximum absolute atomic E-state index is 12.0. The third-order valence-corrected chi connectivity index (χ3v) is 3.97. The summed E-state index contributed by atoms with van der Waals surface area (Å²) in [5, 5.41) is 3.04. The van der Waals surface area contributed by atoms with Gasteiger partial charge in [-0.25, -0.2) is 0 Å². The van der Waals surface area contributed by atoms with Crippen LogP contribution in [-0.4, -0.2) is 10.9 Å². The smallest absolute Gasteiger partial charge is 0.223 e. The molecule has 3 rings (SSSR count). The lowest BCUT2D eigenvalue weighted by atomic mass is 9.93. The van der Waals surface area contributed by atoms with E-state index in [4.69, 9.17) is 0 Å². The van der Waals surface area contributed by atoms with Gasteiger partial charge in [-0.2, -0.15) is 0 Å². The lowest BCUT2D eigenvalue weighted by molar-refractivity contribution is -0.125. The number of carbonyl (C=O) groups is 1. The van der Waals surface area contributed by atoms with Crippen LogP contribution in [0.5, 0.6) is 0 Å². The van der Waals surface area contributed by atoms with Gasteiger partial charge < -0.3 is 5.32 Å². The third-order valence-electron chi connectivity index (χ3n) is 3.97. The number of carbonyl (C=O) groups excluding carboxylic acids is 1. The summed E-state index contributed by atoms with van der Waals surface area (Å²) in [6.45, 7) is 0.604. The van der Waals surface area contributed by atoms with E-state index < -0.39 is 0 Å². The lowest BCUT2D eigenvalue weighted by Crippen LogP contribution is -2.30. The second kappa shape index (κ2) is 5.55. The molecular formula is C16H20N2O. The summed E-state index contributed by atoms with van der Waals surface area (Å²) in [7, 11) is 0. The van der Waals surface area contributed by atoms with E-state index in [0.717, 1.165) is 24.8 Å². The van der Waals surface area contributed by atoms with Gasteiger partial charge in [-0.15, -0.1) is 0 Å². The van der Waals surface area contributed by atoms with Gasteiger partial charge in [0.1, 0.15) is 0 Å². The quantitative estimate of drug-likeness (QED) is 0.842. The Kier molecular flexibility index (Phi) is 3.62. The van der Waals surface area contributed by atoms with Crippen LogP contribution in [0, 0.1) is 5.92 Å². The van der Waals surface area contributed by atoms with Crippen molar-refractivity contribution in [2.75, 3.05) is 0 Å². The Hall–Kier alpha value is -1.64. The maximum atomic E-state index is 12.0. The molecule has 1 heterocycles. The highest BCUT2D eigenvalue weighted by molar-refractivity contribution is 5.78. The van der Waals surface area contributed by atoms with Crippen LogP contribution in [0.3, 0.4) is 0 Å². The van der Waals surface area contributed by atoms with Crippen LogP contribution in [0.2, 0.25) is 0 Å². The van der Waals surface area contributed by atoms with Crippen molar-refractivity contribution in [3.63, 3.8) is 0 Å². The fourth-order valence-corrected chi connectivity index (χ4v) is 2.61. The number of amides is 1. The van der Waals surface area contributed by atoms with Crippen molar-refractivity contribution in [1.29, 1.82) is 0 Å². The van der Waals surface area contributed by atoms with Crippen LogP contribution >= 0.6 is 0 Å². The van der Waals surface area contributed by atoms with E-state index in [2.05, 4.69) is 28.5 Å². The van der Waals surface area contributed by atoms with E-state index in [9.17, 15) is 4.79 Å². The Morgan fingerprint density at radius 1 is 1.26 bits per heavy atom. The first kappa shape index (κ1) is 12.4. The van der Waals surface area contributed by atoms with Gasteiger partial charge in [0.25, 0.3) is 0 Å². The van der Waals surface area contributed by atoms with E-state index in [1.165, 1.54) is 18.4 Å². The molecule has 0 radical (unpaired) electrons. The highest BCUT2D eigenvalue weighted by Gasteiger charge is 2.24. The molecule has 1 amide bonds. The predicted molar refractivity (Wildman–Crippen MR) is 74.5 cm³/mol. The molecule has 1 saturated carbocycles. The number of pyridine rings is 1. The average Bonchev–Trinajstić information content (AvgIpc) is 3.31. The lowest BCUT2D eigenvalue weighted by Gasteiger charge is -2.17. The summed E-state index contributed by atoms with van der Waals surface area (Å²) in [5.41, 5.74) is 2.44. The SMILES string of the molecule is O=C(NCc1cncc(C2CC2)c1)[C@@H]1CC=CCC1. The summed E-state index contributed by atoms with van der Waals surface area (Å²) in [5.74, 6) is 1.05. The summed E-state index contributed by atoms with van der Waals surface area (Å²) in [6.07, 6.45) is 13.5. The Morgan fingerprint density at radius 3 is 2.89 bits per heavy atom. The van der Waals surface area contributed by atoms with Gasteiger partial charge in [-0.1, -0.05) is 18.2 Å². The second-order valence-electron chi connectivity index (χ2n) is 5.60. The predicted octanol–water partition coefficient (Wildman–Crippen LogP) is 2.93. The Labute approximate surface area is 114 Å². The number of rotatable bonds is 4. The zero-order valence-corrected chi connectivity index (χ0v) is 11.1. The molecule has 0 spiro atoms. The number of allylic oxidation sites excluding steroid dienone is 2. The molecule has 1 fully saturated rings. The van der Waals surface area contributed by atoms with Crippen molar-refractivity contribution in [3.05, 3.63) is 41.7 Å². The van der Waals surface area contributed by atoms with E-state index >= 15 is 0 Å². The molecule has 19 heavy (non-hydrogen) atoms. The molecule has 1 atom stereocenters. The fourth-order valence-electron chi connectivity index (χ4n) is 2.61. The van der Waals surface area contributed by atoms with Crippen LogP contribution in [0.15, 0.2) is 30.6 Å². The molecule has 100 valence electrons. The molecule has 2 aliphatic rings. The van der Waals surface area contributed by atoms with Gasteiger partial charge in [0, 0.05) is 24.9 Å². The van der Waals surface area contributed by atoms with Crippen LogP contribution < -0.4 is 5.32 Å². The minimum atomic E-state index is 0.157. The number of nitrogens with one attached hydrogen (secondary N) is 1. The molecule has 0 aliphatic heterocycles.